The summed E-state index contributed by atoms with van der Waals surface area (Å²) in [6.07, 6.45) is 9.37. The van der Waals surface area contributed by atoms with Gasteiger partial charge in [-0.25, -0.2) is 4.98 Å². The Kier molecular flexibility index (Phi) is 4.69. The van der Waals surface area contributed by atoms with Gasteiger partial charge in [0.2, 0.25) is 0 Å². The first-order chi connectivity index (χ1) is 11.2. The molecule has 1 aliphatic rings. The number of ether oxygens (including phenoxy) is 1. The molecular formula is C18H18N2O2S. The van der Waals surface area contributed by atoms with Crippen molar-refractivity contribution in [2.24, 2.45) is 0 Å². The third kappa shape index (κ3) is 3.57. The molecule has 118 valence electrons. The van der Waals surface area contributed by atoms with Gasteiger partial charge in [0.15, 0.2) is 0 Å². The molecule has 0 bridgehead atoms. The molecular weight excluding hydrogens is 308 g/mol. The largest absolute Gasteiger partial charge is 0.378 e. The molecule has 1 aliphatic carbocycles. The number of aromatic amines is 1. The summed E-state index contributed by atoms with van der Waals surface area (Å²) in [5.41, 5.74) is 4.29. The maximum atomic E-state index is 12.2. The second-order valence-electron chi connectivity index (χ2n) is 5.44. The number of H-pyrrole nitrogens is 1. The third-order valence-electron chi connectivity index (χ3n) is 3.58. The van der Waals surface area contributed by atoms with Crippen molar-refractivity contribution in [1.29, 1.82) is 0 Å². The van der Waals surface area contributed by atoms with E-state index in [1.165, 1.54) is 5.57 Å². The topological polar surface area (TPSA) is 55.0 Å². The van der Waals surface area contributed by atoms with E-state index in [1.54, 1.807) is 24.5 Å². The van der Waals surface area contributed by atoms with Crippen LogP contribution in [0.2, 0.25) is 0 Å². The molecule has 0 saturated heterocycles. The monoisotopic (exact) mass is 326 g/mol. The minimum Gasteiger partial charge on any atom is -0.378 e. The predicted octanol–water partition coefficient (Wildman–Crippen LogP) is 3.93. The van der Waals surface area contributed by atoms with Crippen LogP contribution < -0.4 is 5.56 Å². The van der Waals surface area contributed by atoms with Crippen LogP contribution in [0.25, 0.3) is 16.8 Å². The summed E-state index contributed by atoms with van der Waals surface area (Å²) in [6.45, 7) is 2.50. The Hall–Kier alpha value is -2.24. The average molecular weight is 326 g/mol. The van der Waals surface area contributed by atoms with Crippen LogP contribution in [0.3, 0.4) is 0 Å². The maximum absolute atomic E-state index is 12.2. The van der Waals surface area contributed by atoms with Gasteiger partial charge < -0.3 is 9.72 Å². The highest BCUT2D eigenvalue weighted by atomic mass is 32.1. The fourth-order valence-corrected chi connectivity index (χ4v) is 3.18. The predicted molar refractivity (Wildman–Crippen MR) is 94.4 cm³/mol. The van der Waals surface area contributed by atoms with Crippen LogP contribution in [0.5, 0.6) is 0 Å². The van der Waals surface area contributed by atoms with E-state index in [-0.39, 0.29) is 5.56 Å². The number of methoxy groups -OCH3 is 1. The van der Waals surface area contributed by atoms with Crippen LogP contribution in [-0.2, 0) is 11.3 Å². The van der Waals surface area contributed by atoms with Crippen LogP contribution in [-0.4, -0.2) is 17.1 Å². The molecule has 0 unspecified atom stereocenters. The second kappa shape index (κ2) is 6.89. The third-order valence-corrected chi connectivity index (χ3v) is 4.47. The van der Waals surface area contributed by atoms with Crippen molar-refractivity contribution in [3.8, 4) is 11.3 Å². The number of thiazole rings is 1. The van der Waals surface area contributed by atoms with Gasteiger partial charge in [-0.05, 0) is 25.5 Å². The van der Waals surface area contributed by atoms with E-state index < -0.39 is 0 Å². The summed E-state index contributed by atoms with van der Waals surface area (Å²) < 4.78 is 5.03. The molecule has 2 aromatic heterocycles. The number of hydrogen-bond donors (Lipinski definition) is 1. The second-order valence-corrected chi connectivity index (χ2v) is 6.30. The van der Waals surface area contributed by atoms with Crippen molar-refractivity contribution in [2.45, 2.75) is 20.0 Å². The van der Waals surface area contributed by atoms with Crippen LogP contribution in [0.1, 0.15) is 24.0 Å². The van der Waals surface area contributed by atoms with E-state index in [0.717, 1.165) is 22.7 Å². The Morgan fingerprint density at radius 3 is 3.00 bits per heavy atom. The molecule has 5 heteroatoms. The number of nitrogens with zero attached hydrogens (tertiary/aromatic N) is 1. The first kappa shape index (κ1) is 15.6. The zero-order valence-corrected chi connectivity index (χ0v) is 13.9. The summed E-state index contributed by atoms with van der Waals surface area (Å²) in [6, 6.07) is 3.66. The molecule has 0 aliphatic heterocycles. The van der Waals surface area contributed by atoms with E-state index in [0.29, 0.717) is 17.9 Å². The normalized spacial score (nSPS) is 14.3. The molecule has 2 aromatic rings. The molecule has 0 amide bonds. The molecule has 0 radical (unpaired) electrons. The quantitative estimate of drug-likeness (QED) is 0.926. The van der Waals surface area contributed by atoms with Crippen molar-refractivity contribution < 1.29 is 4.74 Å². The Morgan fingerprint density at radius 2 is 2.22 bits per heavy atom. The van der Waals surface area contributed by atoms with Crippen molar-refractivity contribution in [3.05, 3.63) is 68.4 Å². The minimum atomic E-state index is -0.141. The van der Waals surface area contributed by atoms with Gasteiger partial charge in [0.25, 0.3) is 5.56 Å². The van der Waals surface area contributed by atoms with E-state index in [1.807, 2.05) is 11.4 Å². The average Bonchev–Trinajstić information content (AvgIpc) is 2.90. The summed E-state index contributed by atoms with van der Waals surface area (Å²) in [5.74, 6) is 0. The van der Waals surface area contributed by atoms with Crippen LogP contribution in [0.4, 0.5) is 0 Å². The lowest BCUT2D eigenvalue weighted by Crippen LogP contribution is -2.11. The summed E-state index contributed by atoms with van der Waals surface area (Å²) in [7, 11) is 1.60. The maximum Gasteiger partial charge on any atom is 0.257 e. The summed E-state index contributed by atoms with van der Waals surface area (Å²) >= 11 is 1.55. The van der Waals surface area contributed by atoms with Gasteiger partial charge in [-0.1, -0.05) is 29.9 Å². The first-order valence-electron chi connectivity index (χ1n) is 7.39. The number of nitrogens with one attached hydrogen (secondary N) is 1. The zero-order valence-electron chi connectivity index (χ0n) is 13.1. The molecule has 3 rings (SSSR count). The molecule has 0 spiro atoms. The molecule has 0 atom stereocenters. The smallest absolute Gasteiger partial charge is 0.257 e. The Balaban J connectivity index is 1.92. The van der Waals surface area contributed by atoms with Gasteiger partial charge >= 0.3 is 0 Å². The summed E-state index contributed by atoms with van der Waals surface area (Å²) in [5, 5.41) is 2.84. The van der Waals surface area contributed by atoms with E-state index >= 15 is 0 Å². The molecule has 1 N–H and O–H groups in total. The number of allylic oxidation sites excluding steroid dienone is 6. The van der Waals surface area contributed by atoms with Crippen molar-refractivity contribution in [1.82, 2.24) is 9.97 Å². The lowest BCUT2D eigenvalue weighted by Gasteiger charge is -2.01. The van der Waals surface area contributed by atoms with Crippen molar-refractivity contribution in [2.75, 3.05) is 7.11 Å². The van der Waals surface area contributed by atoms with Gasteiger partial charge in [0, 0.05) is 23.8 Å². The standard InChI is InChI=1S/C18H18N2O2S/c1-12-4-3-5-13(7-6-12)18-20-16(11-23-18)15-9-8-14(10-22-2)19-17(15)21/h3,5-9,11H,4,10H2,1-2H3,(H,19,21). The zero-order chi connectivity index (χ0) is 16.2. The number of pyridine rings is 1. The highest BCUT2D eigenvalue weighted by Crippen LogP contribution is 2.27. The molecule has 0 saturated carbocycles. The van der Waals surface area contributed by atoms with E-state index in [2.05, 4.69) is 41.2 Å². The van der Waals surface area contributed by atoms with Gasteiger partial charge in [0.05, 0.1) is 17.9 Å². The SMILES string of the molecule is COCc1ccc(-c2csc(C3=CC=C(C)CC=C3)n2)c(=O)[nH]1. The van der Waals surface area contributed by atoms with E-state index in [4.69, 9.17) is 4.74 Å². The molecule has 4 nitrogen and oxygen atoms in total. The fraction of sp³-hybridized carbons (Fsp3) is 0.222. The molecule has 23 heavy (non-hydrogen) atoms. The number of aromatic nitrogens is 2. The van der Waals surface area contributed by atoms with Crippen LogP contribution >= 0.6 is 11.3 Å². The van der Waals surface area contributed by atoms with Crippen LogP contribution in [0.15, 0.2) is 52.2 Å². The fourth-order valence-electron chi connectivity index (χ4n) is 2.36. The number of rotatable bonds is 4. The highest BCUT2D eigenvalue weighted by molar-refractivity contribution is 7.11. The summed E-state index contributed by atoms with van der Waals surface area (Å²) in [4.78, 5) is 19.7. The minimum absolute atomic E-state index is 0.141. The first-order valence-corrected chi connectivity index (χ1v) is 8.27. The number of hydrogen-bond acceptors (Lipinski definition) is 4. The Labute approximate surface area is 138 Å². The Bertz CT molecular complexity index is 856. The van der Waals surface area contributed by atoms with Gasteiger partial charge in [-0.2, -0.15) is 0 Å². The molecule has 0 aromatic carbocycles. The molecule has 0 fully saturated rings. The van der Waals surface area contributed by atoms with Gasteiger partial charge in [0.1, 0.15) is 5.01 Å². The van der Waals surface area contributed by atoms with Crippen molar-refractivity contribution in [3.63, 3.8) is 0 Å². The van der Waals surface area contributed by atoms with Gasteiger partial charge in [-0.15, -0.1) is 11.3 Å². The lowest BCUT2D eigenvalue weighted by molar-refractivity contribution is 0.181. The van der Waals surface area contributed by atoms with Crippen molar-refractivity contribution >= 4 is 16.9 Å². The Morgan fingerprint density at radius 1 is 1.35 bits per heavy atom. The van der Waals surface area contributed by atoms with Crippen LogP contribution in [0, 0.1) is 0 Å². The lowest BCUT2D eigenvalue weighted by atomic mass is 10.2. The van der Waals surface area contributed by atoms with E-state index in [9.17, 15) is 4.79 Å². The van der Waals surface area contributed by atoms with Gasteiger partial charge in [-0.3, -0.25) is 4.79 Å². The highest BCUT2D eigenvalue weighted by Gasteiger charge is 2.11. The molecule has 2 heterocycles.